The number of halogens is 1. The molecule has 0 saturated carbocycles. The molecule has 122 valence electrons. The molecule has 0 aliphatic carbocycles. The molecule has 0 aromatic heterocycles. The SMILES string of the molecule is CCOc1cc(F)ccc1NC(=O)CNC(=O)[C@@H](N)C(C)C. The quantitative estimate of drug-likeness (QED) is 0.707. The molecule has 0 aliphatic heterocycles. The van der Waals surface area contributed by atoms with Gasteiger partial charge >= 0.3 is 0 Å². The lowest BCUT2D eigenvalue weighted by molar-refractivity contribution is -0.125. The number of nitrogens with two attached hydrogens (primary N) is 1. The second-order valence-corrected chi connectivity index (χ2v) is 5.11. The van der Waals surface area contributed by atoms with Crippen LogP contribution >= 0.6 is 0 Å². The van der Waals surface area contributed by atoms with Gasteiger partial charge in [0.05, 0.1) is 24.9 Å². The van der Waals surface area contributed by atoms with E-state index in [-0.39, 0.29) is 18.2 Å². The Morgan fingerprint density at radius 2 is 2.05 bits per heavy atom. The van der Waals surface area contributed by atoms with Crippen molar-refractivity contribution >= 4 is 17.5 Å². The van der Waals surface area contributed by atoms with Crippen LogP contribution in [-0.2, 0) is 9.59 Å². The van der Waals surface area contributed by atoms with E-state index in [1.807, 2.05) is 13.8 Å². The van der Waals surface area contributed by atoms with Crippen molar-refractivity contribution in [1.82, 2.24) is 5.32 Å². The summed E-state index contributed by atoms with van der Waals surface area (Å²) in [4.78, 5) is 23.5. The molecule has 1 aromatic carbocycles. The second kappa shape index (κ2) is 8.33. The second-order valence-electron chi connectivity index (χ2n) is 5.11. The molecule has 2 amide bonds. The third-order valence-corrected chi connectivity index (χ3v) is 2.96. The minimum Gasteiger partial charge on any atom is -0.492 e. The third kappa shape index (κ3) is 5.33. The summed E-state index contributed by atoms with van der Waals surface area (Å²) in [6, 6.07) is 3.13. The van der Waals surface area contributed by atoms with Gasteiger partial charge in [-0.15, -0.1) is 0 Å². The predicted molar refractivity (Wildman–Crippen MR) is 82.0 cm³/mol. The van der Waals surface area contributed by atoms with Gasteiger partial charge in [0, 0.05) is 6.07 Å². The van der Waals surface area contributed by atoms with Crippen LogP contribution in [0.3, 0.4) is 0 Å². The number of hydrogen-bond donors (Lipinski definition) is 3. The van der Waals surface area contributed by atoms with E-state index in [1.165, 1.54) is 18.2 Å². The van der Waals surface area contributed by atoms with Gasteiger partial charge in [0.2, 0.25) is 11.8 Å². The summed E-state index contributed by atoms with van der Waals surface area (Å²) < 4.78 is 18.4. The summed E-state index contributed by atoms with van der Waals surface area (Å²) in [5, 5.41) is 5.02. The number of hydrogen-bond acceptors (Lipinski definition) is 4. The van der Waals surface area contributed by atoms with Gasteiger partial charge in [0.1, 0.15) is 11.6 Å². The molecule has 4 N–H and O–H groups in total. The first-order valence-electron chi connectivity index (χ1n) is 7.10. The van der Waals surface area contributed by atoms with Crippen LogP contribution in [0.4, 0.5) is 10.1 Å². The lowest BCUT2D eigenvalue weighted by Gasteiger charge is -2.15. The number of benzene rings is 1. The van der Waals surface area contributed by atoms with Crippen LogP contribution in [0, 0.1) is 11.7 Å². The van der Waals surface area contributed by atoms with Gasteiger partial charge in [-0.3, -0.25) is 9.59 Å². The maximum atomic E-state index is 13.2. The summed E-state index contributed by atoms with van der Waals surface area (Å²) in [6.07, 6.45) is 0. The van der Waals surface area contributed by atoms with Crippen molar-refractivity contribution in [2.75, 3.05) is 18.5 Å². The van der Waals surface area contributed by atoms with Crippen LogP contribution in [0.2, 0.25) is 0 Å². The number of amides is 2. The first-order valence-corrected chi connectivity index (χ1v) is 7.10. The van der Waals surface area contributed by atoms with Crippen molar-refractivity contribution < 1.29 is 18.7 Å². The molecule has 0 unspecified atom stereocenters. The first-order chi connectivity index (χ1) is 10.3. The number of carbonyl (C=O) groups excluding carboxylic acids is 2. The van der Waals surface area contributed by atoms with Crippen LogP contribution in [0.25, 0.3) is 0 Å². The molecule has 0 heterocycles. The first kappa shape index (κ1) is 17.9. The van der Waals surface area contributed by atoms with Crippen LogP contribution < -0.4 is 21.1 Å². The van der Waals surface area contributed by atoms with Crippen molar-refractivity contribution in [2.24, 2.45) is 11.7 Å². The Bertz CT molecular complexity index is 535. The van der Waals surface area contributed by atoms with Crippen molar-refractivity contribution in [1.29, 1.82) is 0 Å². The Balaban J connectivity index is 2.60. The molecule has 0 saturated heterocycles. The van der Waals surface area contributed by atoms with Crippen molar-refractivity contribution in [3.05, 3.63) is 24.0 Å². The topological polar surface area (TPSA) is 93.5 Å². The molecule has 0 bridgehead atoms. The highest BCUT2D eigenvalue weighted by atomic mass is 19.1. The molecular weight excluding hydrogens is 289 g/mol. The molecule has 0 aliphatic rings. The number of rotatable bonds is 7. The fourth-order valence-corrected chi connectivity index (χ4v) is 1.66. The normalized spacial score (nSPS) is 11.9. The fourth-order valence-electron chi connectivity index (χ4n) is 1.66. The van der Waals surface area contributed by atoms with Crippen molar-refractivity contribution in [2.45, 2.75) is 26.8 Å². The standard InChI is InChI=1S/C15H22FN3O3/c1-4-22-12-7-10(16)5-6-11(12)19-13(20)8-18-15(21)14(17)9(2)3/h5-7,9,14H,4,8,17H2,1-3H3,(H,18,21)(H,19,20)/t14-/m0/s1. The van der Waals surface area contributed by atoms with Gasteiger partial charge in [-0.25, -0.2) is 4.39 Å². The largest absolute Gasteiger partial charge is 0.492 e. The van der Waals surface area contributed by atoms with E-state index >= 15 is 0 Å². The fraction of sp³-hybridized carbons (Fsp3) is 0.467. The van der Waals surface area contributed by atoms with Crippen LogP contribution in [-0.4, -0.2) is 31.0 Å². The minimum atomic E-state index is -0.669. The summed E-state index contributed by atoms with van der Waals surface area (Å²) in [5.41, 5.74) is 6.02. The van der Waals surface area contributed by atoms with Crippen molar-refractivity contribution in [3.8, 4) is 5.75 Å². The molecule has 22 heavy (non-hydrogen) atoms. The maximum absolute atomic E-state index is 13.2. The van der Waals surface area contributed by atoms with Crippen LogP contribution in [0.1, 0.15) is 20.8 Å². The van der Waals surface area contributed by atoms with Gasteiger partial charge in [0.15, 0.2) is 0 Å². The molecule has 1 atom stereocenters. The molecule has 0 fully saturated rings. The molecule has 6 nitrogen and oxygen atoms in total. The summed E-state index contributed by atoms with van der Waals surface area (Å²) in [6.45, 7) is 5.51. The maximum Gasteiger partial charge on any atom is 0.243 e. The molecule has 0 spiro atoms. The average Bonchev–Trinajstić information content (AvgIpc) is 2.47. The number of carbonyl (C=O) groups is 2. The molecule has 0 radical (unpaired) electrons. The Morgan fingerprint density at radius 1 is 1.36 bits per heavy atom. The van der Waals surface area contributed by atoms with Gasteiger partial charge in [-0.1, -0.05) is 13.8 Å². The smallest absolute Gasteiger partial charge is 0.243 e. The summed E-state index contributed by atoms with van der Waals surface area (Å²) in [7, 11) is 0. The van der Waals surface area contributed by atoms with E-state index < -0.39 is 23.7 Å². The Labute approximate surface area is 129 Å². The zero-order valence-electron chi connectivity index (χ0n) is 13.0. The van der Waals surface area contributed by atoms with Gasteiger partial charge in [-0.05, 0) is 25.0 Å². The van der Waals surface area contributed by atoms with Gasteiger partial charge < -0.3 is 21.1 Å². The highest BCUT2D eigenvalue weighted by molar-refractivity contribution is 5.96. The predicted octanol–water partition coefficient (Wildman–Crippen LogP) is 1.26. The molecule has 7 heteroatoms. The number of ether oxygens (including phenoxy) is 1. The van der Waals surface area contributed by atoms with Crippen LogP contribution in [0.15, 0.2) is 18.2 Å². The lowest BCUT2D eigenvalue weighted by Crippen LogP contribution is -2.46. The lowest BCUT2D eigenvalue weighted by atomic mass is 10.1. The number of nitrogens with one attached hydrogen (secondary N) is 2. The van der Waals surface area contributed by atoms with E-state index in [2.05, 4.69) is 10.6 Å². The number of anilines is 1. The zero-order chi connectivity index (χ0) is 16.7. The van der Waals surface area contributed by atoms with Gasteiger partial charge in [-0.2, -0.15) is 0 Å². The van der Waals surface area contributed by atoms with Crippen molar-refractivity contribution in [3.63, 3.8) is 0 Å². The Kier molecular flexibility index (Phi) is 6.78. The van der Waals surface area contributed by atoms with E-state index in [9.17, 15) is 14.0 Å². The summed E-state index contributed by atoms with van der Waals surface area (Å²) >= 11 is 0. The van der Waals surface area contributed by atoms with E-state index in [4.69, 9.17) is 10.5 Å². The van der Waals surface area contributed by atoms with Crippen LogP contribution in [0.5, 0.6) is 5.75 Å². The minimum absolute atomic E-state index is 0.0234. The third-order valence-electron chi connectivity index (χ3n) is 2.96. The zero-order valence-corrected chi connectivity index (χ0v) is 13.0. The highest BCUT2D eigenvalue weighted by Crippen LogP contribution is 2.25. The van der Waals surface area contributed by atoms with E-state index in [1.54, 1.807) is 6.92 Å². The Morgan fingerprint density at radius 3 is 2.64 bits per heavy atom. The highest BCUT2D eigenvalue weighted by Gasteiger charge is 2.18. The average molecular weight is 311 g/mol. The molecule has 1 rings (SSSR count). The molecular formula is C15H22FN3O3. The van der Waals surface area contributed by atoms with E-state index in [0.29, 0.717) is 12.3 Å². The van der Waals surface area contributed by atoms with Gasteiger partial charge in [0.25, 0.3) is 0 Å². The summed E-state index contributed by atoms with van der Waals surface area (Å²) in [5.74, 6) is -1.09. The van der Waals surface area contributed by atoms with E-state index in [0.717, 1.165) is 0 Å². The molecule has 1 aromatic rings. The Hall–Kier alpha value is -2.15. The monoisotopic (exact) mass is 311 g/mol.